The van der Waals surface area contributed by atoms with E-state index in [4.69, 9.17) is 4.98 Å². The number of imidazole rings is 1. The second-order valence-electron chi connectivity index (χ2n) is 13.7. The molecule has 0 spiro atoms. The molecule has 9 aromatic carbocycles. The SMILES string of the molecule is CCc1nc2ccccc2n1-c1ccc(-c2c3ccccc3c(-c3ccc(-c4ccccc4)cc3)c3cc(-c4ccccc4)ccc23)c2ccccc12. The maximum absolute atomic E-state index is 5.03. The second-order valence-corrected chi connectivity index (χ2v) is 13.7. The van der Waals surface area contributed by atoms with E-state index in [9.17, 15) is 0 Å². The monoisotopic (exact) mass is 676 g/mol. The Kier molecular flexibility index (Phi) is 7.47. The molecular formula is C51H36N2. The molecule has 0 fully saturated rings. The van der Waals surface area contributed by atoms with Gasteiger partial charge >= 0.3 is 0 Å². The average Bonchev–Trinajstić information content (AvgIpc) is 3.61. The van der Waals surface area contributed by atoms with E-state index in [1.54, 1.807) is 0 Å². The normalized spacial score (nSPS) is 11.6. The molecule has 0 radical (unpaired) electrons. The molecule has 10 rings (SSSR count). The first-order valence-corrected chi connectivity index (χ1v) is 18.5. The third-order valence-electron chi connectivity index (χ3n) is 10.8. The smallest absolute Gasteiger partial charge is 0.114 e. The summed E-state index contributed by atoms with van der Waals surface area (Å²) in [5, 5.41) is 7.41. The lowest BCUT2D eigenvalue weighted by atomic mass is 9.83. The van der Waals surface area contributed by atoms with E-state index in [2.05, 4.69) is 200 Å². The molecule has 0 bridgehead atoms. The number of para-hydroxylation sites is 2. The standard InChI is InChI=1S/C51H36N2/c1-2-49-52-46-23-13-14-24-48(46)53(49)47-32-31-43(39-19-9-10-20-40(39)47)51-42-22-12-11-21-41(42)50(37-27-25-36(26-28-37)34-15-5-3-6-16-34)45-33-38(29-30-44(45)51)35-17-7-4-8-18-35/h3-33H,2H2,1H3. The predicted octanol–water partition coefficient (Wildman–Crippen LogP) is 13.7. The van der Waals surface area contributed by atoms with E-state index < -0.39 is 0 Å². The molecule has 0 N–H and O–H groups in total. The molecule has 0 amide bonds. The maximum atomic E-state index is 5.03. The van der Waals surface area contributed by atoms with E-state index in [1.165, 1.54) is 76.8 Å². The fourth-order valence-corrected chi connectivity index (χ4v) is 8.33. The zero-order chi connectivity index (χ0) is 35.3. The van der Waals surface area contributed by atoms with Crippen LogP contribution in [0.3, 0.4) is 0 Å². The Morgan fingerprint density at radius 1 is 0.396 bits per heavy atom. The summed E-state index contributed by atoms with van der Waals surface area (Å²) >= 11 is 0. The van der Waals surface area contributed by atoms with Gasteiger partial charge in [-0.05, 0) is 95.7 Å². The van der Waals surface area contributed by atoms with Crippen molar-refractivity contribution in [1.82, 2.24) is 9.55 Å². The Hall–Kier alpha value is -6.77. The van der Waals surface area contributed by atoms with Crippen LogP contribution in [0, 0.1) is 0 Å². The summed E-state index contributed by atoms with van der Waals surface area (Å²) < 4.78 is 2.35. The number of hydrogen-bond acceptors (Lipinski definition) is 1. The molecule has 10 aromatic rings. The van der Waals surface area contributed by atoms with Gasteiger partial charge in [-0.25, -0.2) is 4.98 Å². The van der Waals surface area contributed by atoms with Crippen molar-refractivity contribution in [3.05, 3.63) is 194 Å². The quantitative estimate of drug-likeness (QED) is 0.160. The number of rotatable bonds is 6. The van der Waals surface area contributed by atoms with E-state index in [-0.39, 0.29) is 0 Å². The van der Waals surface area contributed by atoms with Crippen LogP contribution in [0.2, 0.25) is 0 Å². The minimum atomic E-state index is 0.845. The summed E-state index contributed by atoms with van der Waals surface area (Å²) in [6, 6.07) is 68.5. The van der Waals surface area contributed by atoms with Gasteiger partial charge in [0.05, 0.1) is 16.7 Å². The lowest BCUT2D eigenvalue weighted by Gasteiger charge is -2.21. The largest absolute Gasteiger partial charge is 0.296 e. The van der Waals surface area contributed by atoms with Gasteiger partial charge in [-0.15, -0.1) is 0 Å². The number of benzene rings is 9. The predicted molar refractivity (Wildman–Crippen MR) is 225 cm³/mol. The Morgan fingerprint density at radius 2 is 0.925 bits per heavy atom. The lowest BCUT2D eigenvalue weighted by molar-refractivity contribution is 0.913. The highest BCUT2D eigenvalue weighted by Crippen LogP contribution is 2.47. The molecule has 0 aliphatic heterocycles. The maximum Gasteiger partial charge on any atom is 0.114 e. The summed E-state index contributed by atoms with van der Waals surface area (Å²) in [5.74, 6) is 1.07. The number of nitrogens with zero attached hydrogens (tertiary/aromatic N) is 2. The zero-order valence-corrected chi connectivity index (χ0v) is 29.5. The minimum absolute atomic E-state index is 0.845. The number of fused-ring (bicyclic) bond motifs is 4. The molecular weight excluding hydrogens is 641 g/mol. The van der Waals surface area contributed by atoms with E-state index in [1.807, 2.05) is 0 Å². The van der Waals surface area contributed by atoms with Crippen LogP contribution in [-0.2, 0) is 6.42 Å². The van der Waals surface area contributed by atoms with Crippen LogP contribution in [0.5, 0.6) is 0 Å². The first kappa shape index (κ1) is 31.0. The third-order valence-corrected chi connectivity index (χ3v) is 10.8. The Morgan fingerprint density at radius 3 is 1.64 bits per heavy atom. The molecule has 1 heterocycles. The molecule has 53 heavy (non-hydrogen) atoms. The highest BCUT2D eigenvalue weighted by atomic mass is 15.1. The third kappa shape index (κ3) is 5.14. The molecule has 0 atom stereocenters. The second kappa shape index (κ2) is 12.8. The van der Waals surface area contributed by atoms with Crippen LogP contribution < -0.4 is 0 Å². The van der Waals surface area contributed by atoms with Crippen LogP contribution in [0.1, 0.15) is 12.7 Å². The van der Waals surface area contributed by atoms with Gasteiger partial charge in [-0.1, -0.05) is 171 Å². The zero-order valence-electron chi connectivity index (χ0n) is 29.5. The van der Waals surface area contributed by atoms with Crippen LogP contribution in [0.15, 0.2) is 188 Å². The summed E-state index contributed by atoms with van der Waals surface area (Å²) in [7, 11) is 0. The van der Waals surface area contributed by atoms with E-state index in [0.29, 0.717) is 0 Å². The van der Waals surface area contributed by atoms with E-state index in [0.717, 1.165) is 29.0 Å². The Bertz CT molecular complexity index is 2960. The van der Waals surface area contributed by atoms with Crippen molar-refractivity contribution in [1.29, 1.82) is 0 Å². The molecule has 1 aromatic heterocycles. The molecule has 0 saturated carbocycles. The van der Waals surface area contributed by atoms with Crippen molar-refractivity contribution < 1.29 is 0 Å². The molecule has 0 saturated heterocycles. The van der Waals surface area contributed by atoms with Gasteiger partial charge in [0.2, 0.25) is 0 Å². The molecule has 0 aliphatic rings. The van der Waals surface area contributed by atoms with Crippen LogP contribution in [0.25, 0.3) is 93.5 Å². The first-order valence-electron chi connectivity index (χ1n) is 18.5. The van der Waals surface area contributed by atoms with Crippen LogP contribution >= 0.6 is 0 Å². The number of hydrogen-bond donors (Lipinski definition) is 0. The van der Waals surface area contributed by atoms with Crippen molar-refractivity contribution in [2.75, 3.05) is 0 Å². The average molecular weight is 677 g/mol. The highest BCUT2D eigenvalue weighted by molar-refractivity contribution is 6.24. The summed E-state index contributed by atoms with van der Waals surface area (Å²) in [5.41, 5.74) is 13.1. The van der Waals surface area contributed by atoms with Crippen molar-refractivity contribution >= 4 is 43.4 Å². The van der Waals surface area contributed by atoms with Gasteiger partial charge in [0.1, 0.15) is 5.82 Å². The minimum Gasteiger partial charge on any atom is -0.296 e. The van der Waals surface area contributed by atoms with Gasteiger partial charge in [-0.2, -0.15) is 0 Å². The summed E-state index contributed by atoms with van der Waals surface area (Å²) in [6.45, 7) is 2.19. The molecule has 2 nitrogen and oxygen atoms in total. The topological polar surface area (TPSA) is 17.8 Å². The van der Waals surface area contributed by atoms with Crippen molar-refractivity contribution in [2.24, 2.45) is 0 Å². The fourth-order valence-electron chi connectivity index (χ4n) is 8.33. The molecule has 0 aliphatic carbocycles. The first-order chi connectivity index (χ1) is 26.3. The van der Waals surface area contributed by atoms with E-state index >= 15 is 0 Å². The van der Waals surface area contributed by atoms with Gasteiger partial charge in [0.25, 0.3) is 0 Å². The van der Waals surface area contributed by atoms with Crippen LogP contribution in [-0.4, -0.2) is 9.55 Å². The Labute approximate surface area is 309 Å². The van der Waals surface area contributed by atoms with Crippen molar-refractivity contribution in [3.63, 3.8) is 0 Å². The summed E-state index contributed by atoms with van der Waals surface area (Å²) in [4.78, 5) is 5.03. The molecule has 250 valence electrons. The van der Waals surface area contributed by atoms with Crippen molar-refractivity contribution in [3.8, 4) is 50.2 Å². The summed E-state index contributed by atoms with van der Waals surface area (Å²) in [6.07, 6.45) is 0.845. The van der Waals surface area contributed by atoms with Gasteiger partial charge in [0, 0.05) is 11.8 Å². The van der Waals surface area contributed by atoms with Gasteiger partial charge in [0.15, 0.2) is 0 Å². The van der Waals surface area contributed by atoms with Crippen LogP contribution in [0.4, 0.5) is 0 Å². The molecule has 2 heteroatoms. The highest BCUT2D eigenvalue weighted by Gasteiger charge is 2.21. The molecule has 0 unspecified atom stereocenters. The van der Waals surface area contributed by atoms with Gasteiger partial charge in [-0.3, -0.25) is 4.57 Å². The Balaban J connectivity index is 1.27. The number of aromatic nitrogens is 2. The van der Waals surface area contributed by atoms with Gasteiger partial charge < -0.3 is 0 Å². The van der Waals surface area contributed by atoms with Crippen molar-refractivity contribution in [2.45, 2.75) is 13.3 Å². The lowest BCUT2D eigenvalue weighted by Crippen LogP contribution is -2.01. The number of aryl methyl sites for hydroxylation is 1. The fraction of sp³-hybridized carbons (Fsp3) is 0.0392.